The monoisotopic (exact) mass is 280 g/mol. The number of aryl methyl sites for hydroxylation is 1. The number of hydrogen-bond acceptors (Lipinski definition) is 3. The molecule has 18 heavy (non-hydrogen) atoms. The molecule has 1 fully saturated rings. The number of nitrogens with one attached hydrogen (secondary N) is 2. The summed E-state index contributed by atoms with van der Waals surface area (Å²) in [7, 11) is 0. The Kier molecular flexibility index (Phi) is 4.64. The second kappa shape index (κ2) is 5.62. The molecule has 1 amide bonds. The van der Waals surface area contributed by atoms with Crippen LogP contribution in [-0.2, 0) is 11.3 Å². The number of halogens is 3. The predicted octanol–water partition coefficient (Wildman–Crippen LogP) is 1.26. The second-order valence-corrected chi connectivity index (χ2v) is 4.07. The highest BCUT2D eigenvalue weighted by Gasteiger charge is 2.42. The highest BCUT2D eigenvalue weighted by Crippen LogP contribution is 2.25. The van der Waals surface area contributed by atoms with E-state index in [1.54, 1.807) is 10.9 Å². The van der Waals surface area contributed by atoms with Crippen molar-refractivity contribution in [3.63, 3.8) is 0 Å². The van der Waals surface area contributed by atoms with Crippen molar-refractivity contribution >= 4 is 24.0 Å². The Hall–Kier alpha value is -1.21. The highest BCUT2D eigenvalue weighted by molar-refractivity contribution is 5.94. The second-order valence-electron chi connectivity index (χ2n) is 4.07. The van der Waals surface area contributed by atoms with E-state index in [9.17, 15) is 13.6 Å². The Labute approximate surface area is 109 Å². The summed E-state index contributed by atoms with van der Waals surface area (Å²) >= 11 is 0. The lowest BCUT2D eigenvalue weighted by molar-refractivity contribution is -0.118. The van der Waals surface area contributed by atoms with E-state index in [0.29, 0.717) is 12.2 Å². The van der Waals surface area contributed by atoms with Gasteiger partial charge in [-0.15, -0.1) is 12.4 Å². The fourth-order valence-corrected chi connectivity index (χ4v) is 1.73. The zero-order valence-corrected chi connectivity index (χ0v) is 10.6. The van der Waals surface area contributed by atoms with Crippen LogP contribution in [0.5, 0.6) is 0 Å². The lowest BCUT2D eigenvalue weighted by Crippen LogP contribution is -2.35. The van der Waals surface area contributed by atoms with Gasteiger partial charge in [0.05, 0.1) is 24.5 Å². The van der Waals surface area contributed by atoms with E-state index < -0.39 is 30.8 Å². The van der Waals surface area contributed by atoms with E-state index in [-0.39, 0.29) is 12.4 Å². The number of aromatic nitrogens is 2. The Morgan fingerprint density at radius 1 is 1.72 bits per heavy atom. The maximum Gasteiger partial charge on any atom is 0.262 e. The Bertz CT molecular complexity index is 424. The molecule has 1 aliphatic rings. The number of alkyl halides is 2. The number of carbonyl (C=O) groups is 1. The molecule has 1 saturated heterocycles. The van der Waals surface area contributed by atoms with Gasteiger partial charge >= 0.3 is 0 Å². The highest BCUT2D eigenvalue weighted by atomic mass is 35.5. The fraction of sp³-hybridized carbons (Fsp3) is 0.600. The molecule has 1 atom stereocenters. The molecule has 1 aliphatic heterocycles. The van der Waals surface area contributed by atoms with Gasteiger partial charge < -0.3 is 5.32 Å². The van der Waals surface area contributed by atoms with Crippen molar-refractivity contribution in [3.8, 4) is 0 Å². The van der Waals surface area contributed by atoms with E-state index in [0.717, 1.165) is 0 Å². The molecule has 0 aliphatic carbocycles. The van der Waals surface area contributed by atoms with Gasteiger partial charge in [0, 0.05) is 19.2 Å². The molecule has 8 heteroatoms. The van der Waals surface area contributed by atoms with Gasteiger partial charge in [-0.3, -0.25) is 14.8 Å². The summed E-state index contributed by atoms with van der Waals surface area (Å²) in [5.74, 6) is -3.24. The first kappa shape index (κ1) is 14.8. The van der Waals surface area contributed by atoms with Crippen LogP contribution in [0.2, 0.25) is 0 Å². The molecule has 5 nitrogen and oxygen atoms in total. The first-order valence-corrected chi connectivity index (χ1v) is 5.45. The number of anilines is 1. The average molecular weight is 281 g/mol. The molecule has 102 valence electrons. The number of nitrogens with zero attached hydrogens (tertiary/aromatic N) is 2. The molecule has 0 radical (unpaired) electrons. The Balaban J connectivity index is 0.00000162. The maximum absolute atomic E-state index is 12.9. The van der Waals surface area contributed by atoms with Crippen molar-refractivity contribution in [3.05, 3.63) is 12.4 Å². The van der Waals surface area contributed by atoms with Crippen LogP contribution in [0.1, 0.15) is 13.3 Å². The number of amides is 1. The summed E-state index contributed by atoms with van der Waals surface area (Å²) in [6.07, 6.45) is 2.69. The normalized spacial score (nSPS) is 21.4. The fourth-order valence-electron chi connectivity index (χ4n) is 1.73. The van der Waals surface area contributed by atoms with Crippen molar-refractivity contribution in [1.82, 2.24) is 15.1 Å². The van der Waals surface area contributed by atoms with Crippen molar-refractivity contribution in [2.75, 3.05) is 11.9 Å². The van der Waals surface area contributed by atoms with Crippen molar-refractivity contribution < 1.29 is 13.6 Å². The molecule has 2 N–H and O–H groups in total. The molecule has 0 saturated carbocycles. The summed E-state index contributed by atoms with van der Waals surface area (Å²) in [5.41, 5.74) is 0.522. The van der Waals surface area contributed by atoms with Crippen molar-refractivity contribution in [2.45, 2.75) is 31.9 Å². The lowest BCUT2D eigenvalue weighted by Gasteiger charge is -2.09. The molecule has 0 aromatic carbocycles. The van der Waals surface area contributed by atoms with Gasteiger partial charge in [-0.1, -0.05) is 0 Å². The predicted molar refractivity (Wildman–Crippen MR) is 65.1 cm³/mol. The minimum atomic E-state index is -2.80. The minimum absolute atomic E-state index is 0. The van der Waals surface area contributed by atoms with Gasteiger partial charge in [-0.2, -0.15) is 5.10 Å². The van der Waals surface area contributed by atoms with Crippen LogP contribution in [0, 0.1) is 0 Å². The minimum Gasteiger partial charge on any atom is -0.322 e. The third-order valence-corrected chi connectivity index (χ3v) is 2.65. The van der Waals surface area contributed by atoms with Crippen LogP contribution in [0.25, 0.3) is 0 Å². The van der Waals surface area contributed by atoms with Crippen LogP contribution in [-0.4, -0.2) is 34.2 Å². The van der Waals surface area contributed by atoms with E-state index >= 15 is 0 Å². The van der Waals surface area contributed by atoms with Crippen LogP contribution in [0.15, 0.2) is 12.4 Å². The summed E-state index contributed by atoms with van der Waals surface area (Å²) in [4.78, 5) is 11.7. The Morgan fingerprint density at radius 3 is 2.94 bits per heavy atom. The standard InChI is InChI=1S/C10H14F2N4O.ClH/c1-2-16-5-7(4-14-16)15-9(17)8-3-10(11,12)6-13-8;/h4-5,8,13H,2-3,6H2,1H3,(H,15,17);1H. The Morgan fingerprint density at radius 2 is 2.44 bits per heavy atom. The van der Waals surface area contributed by atoms with E-state index in [4.69, 9.17) is 0 Å². The summed E-state index contributed by atoms with van der Waals surface area (Å²) in [6, 6.07) is -0.838. The molecular formula is C10H15ClF2N4O. The largest absolute Gasteiger partial charge is 0.322 e. The van der Waals surface area contributed by atoms with E-state index in [2.05, 4.69) is 15.7 Å². The van der Waals surface area contributed by atoms with Gasteiger partial charge in [0.1, 0.15) is 0 Å². The quantitative estimate of drug-likeness (QED) is 0.876. The molecule has 2 heterocycles. The SMILES string of the molecule is CCn1cc(NC(=O)C2CC(F)(F)CN2)cn1.Cl. The van der Waals surface area contributed by atoms with Crippen LogP contribution in [0.3, 0.4) is 0 Å². The summed E-state index contributed by atoms with van der Waals surface area (Å²) < 4.78 is 27.4. The molecule has 0 bridgehead atoms. The molecular weight excluding hydrogens is 266 g/mol. The van der Waals surface area contributed by atoms with Gasteiger partial charge in [0.25, 0.3) is 5.92 Å². The molecule has 1 aromatic rings. The third kappa shape index (κ3) is 3.39. The smallest absolute Gasteiger partial charge is 0.262 e. The topological polar surface area (TPSA) is 59.0 Å². The molecule has 1 unspecified atom stereocenters. The summed E-state index contributed by atoms with van der Waals surface area (Å²) in [6.45, 7) is 2.16. The lowest BCUT2D eigenvalue weighted by atomic mass is 10.2. The zero-order chi connectivity index (χ0) is 12.5. The third-order valence-electron chi connectivity index (χ3n) is 2.65. The van der Waals surface area contributed by atoms with Crippen molar-refractivity contribution in [1.29, 1.82) is 0 Å². The number of carbonyl (C=O) groups excluding carboxylic acids is 1. The number of rotatable bonds is 3. The zero-order valence-electron chi connectivity index (χ0n) is 9.82. The summed E-state index contributed by atoms with van der Waals surface area (Å²) in [5, 5.41) is 9.03. The van der Waals surface area contributed by atoms with Gasteiger partial charge in [-0.05, 0) is 6.92 Å². The molecule has 0 spiro atoms. The first-order chi connectivity index (χ1) is 8.00. The van der Waals surface area contributed by atoms with E-state index in [1.807, 2.05) is 6.92 Å². The van der Waals surface area contributed by atoms with Crippen LogP contribution in [0.4, 0.5) is 14.5 Å². The van der Waals surface area contributed by atoms with Crippen LogP contribution < -0.4 is 10.6 Å². The molecule has 2 rings (SSSR count). The maximum atomic E-state index is 12.9. The average Bonchev–Trinajstić information content (AvgIpc) is 2.84. The van der Waals surface area contributed by atoms with Crippen LogP contribution >= 0.6 is 12.4 Å². The van der Waals surface area contributed by atoms with Gasteiger partial charge in [0.2, 0.25) is 5.91 Å². The van der Waals surface area contributed by atoms with Gasteiger partial charge in [0.15, 0.2) is 0 Å². The van der Waals surface area contributed by atoms with E-state index in [1.165, 1.54) is 6.20 Å². The first-order valence-electron chi connectivity index (χ1n) is 5.45. The number of hydrogen-bond donors (Lipinski definition) is 2. The van der Waals surface area contributed by atoms with Gasteiger partial charge in [-0.25, -0.2) is 8.78 Å². The molecule has 1 aromatic heterocycles. The van der Waals surface area contributed by atoms with Crippen molar-refractivity contribution in [2.24, 2.45) is 0 Å².